The van der Waals surface area contributed by atoms with Crippen molar-refractivity contribution in [2.45, 2.75) is 32.1 Å². The molecule has 28 heavy (non-hydrogen) atoms. The minimum Gasteiger partial charge on any atom is -0.459 e. The standard InChI is InChI=1S/C18H14F7NO2/c1-2-3-11-4-5-15(26-10-11)18(24,25)28-12-8-13(19)16(14(20)9-12)27-7-6-17(21,22)23/h4-10H,2-3H2,1H3. The van der Waals surface area contributed by atoms with Crippen molar-refractivity contribution in [1.29, 1.82) is 0 Å². The van der Waals surface area contributed by atoms with Gasteiger partial charge in [-0.3, -0.25) is 4.98 Å². The molecule has 1 heterocycles. The molecule has 0 saturated heterocycles. The number of aryl methyl sites for hydroxylation is 1. The molecule has 0 aliphatic rings. The maximum absolute atomic E-state index is 14.2. The molecule has 0 amide bonds. The summed E-state index contributed by atoms with van der Waals surface area (Å²) in [6, 6.07) is 3.17. The van der Waals surface area contributed by atoms with Gasteiger partial charge in [0, 0.05) is 18.3 Å². The fourth-order valence-electron chi connectivity index (χ4n) is 2.12. The second-order valence-corrected chi connectivity index (χ2v) is 5.60. The Morgan fingerprint density at radius 2 is 1.68 bits per heavy atom. The molecular weight excluding hydrogens is 395 g/mol. The van der Waals surface area contributed by atoms with Crippen LogP contribution in [-0.4, -0.2) is 11.2 Å². The van der Waals surface area contributed by atoms with Gasteiger partial charge in [-0.05, 0) is 18.1 Å². The molecule has 1 aromatic heterocycles. The van der Waals surface area contributed by atoms with Gasteiger partial charge in [-0.1, -0.05) is 19.4 Å². The van der Waals surface area contributed by atoms with Crippen LogP contribution in [0.25, 0.3) is 0 Å². The molecule has 0 bridgehead atoms. The Balaban J connectivity index is 2.18. The highest BCUT2D eigenvalue weighted by Crippen LogP contribution is 2.34. The molecule has 0 unspecified atom stereocenters. The maximum atomic E-state index is 14.2. The Bertz CT molecular complexity index is 810. The van der Waals surface area contributed by atoms with Crippen LogP contribution < -0.4 is 9.47 Å². The molecule has 0 spiro atoms. The van der Waals surface area contributed by atoms with E-state index in [1.165, 1.54) is 12.3 Å². The maximum Gasteiger partial charge on any atom is 0.444 e. The normalized spacial score (nSPS) is 12.4. The second kappa shape index (κ2) is 8.49. The van der Waals surface area contributed by atoms with Gasteiger partial charge >= 0.3 is 12.3 Å². The first-order valence-electron chi connectivity index (χ1n) is 7.94. The number of allylic oxidation sites excluding steroid dienone is 1. The summed E-state index contributed by atoms with van der Waals surface area (Å²) in [7, 11) is 0. The average molecular weight is 409 g/mol. The highest BCUT2D eigenvalue weighted by atomic mass is 19.4. The number of nitrogens with zero attached hydrogens (tertiary/aromatic N) is 1. The average Bonchev–Trinajstić information content (AvgIpc) is 2.57. The van der Waals surface area contributed by atoms with Gasteiger partial charge in [0.25, 0.3) is 0 Å². The fraction of sp³-hybridized carbons (Fsp3) is 0.278. The van der Waals surface area contributed by atoms with Crippen LogP contribution in [0.5, 0.6) is 11.5 Å². The first kappa shape index (κ1) is 21.5. The lowest BCUT2D eigenvalue weighted by molar-refractivity contribution is -0.188. The van der Waals surface area contributed by atoms with E-state index >= 15 is 0 Å². The van der Waals surface area contributed by atoms with Crippen LogP contribution in [-0.2, 0) is 12.5 Å². The lowest BCUT2D eigenvalue weighted by Crippen LogP contribution is -2.23. The van der Waals surface area contributed by atoms with Crippen molar-refractivity contribution in [3.05, 3.63) is 65.7 Å². The molecule has 1 aromatic carbocycles. The minimum absolute atomic E-state index is 0.0262. The number of hydrogen-bond donors (Lipinski definition) is 0. The Kier molecular flexibility index (Phi) is 6.52. The van der Waals surface area contributed by atoms with Crippen molar-refractivity contribution in [2.24, 2.45) is 0 Å². The molecule has 0 radical (unpaired) electrons. The van der Waals surface area contributed by atoms with E-state index in [-0.39, 0.29) is 6.26 Å². The molecule has 3 nitrogen and oxygen atoms in total. The number of benzene rings is 1. The Morgan fingerprint density at radius 3 is 2.18 bits per heavy atom. The van der Waals surface area contributed by atoms with Crippen molar-refractivity contribution < 1.29 is 40.2 Å². The van der Waals surface area contributed by atoms with Crippen molar-refractivity contribution in [3.63, 3.8) is 0 Å². The van der Waals surface area contributed by atoms with Crippen molar-refractivity contribution in [2.75, 3.05) is 0 Å². The van der Waals surface area contributed by atoms with Crippen LogP contribution in [0.4, 0.5) is 30.7 Å². The summed E-state index contributed by atoms with van der Waals surface area (Å²) in [5.41, 5.74) is -0.0471. The van der Waals surface area contributed by atoms with Gasteiger partial charge in [-0.25, -0.2) is 8.78 Å². The summed E-state index contributed by atoms with van der Waals surface area (Å²) in [4.78, 5) is 3.59. The molecule has 0 saturated carbocycles. The largest absolute Gasteiger partial charge is 0.459 e. The number of aromatic nitrogens is 1. The van der Waals surface area contributed by atoms with Crippen molar-refractivity contribution >= 4 is 0 Å². The molecule has 0 fully saturated rings. The molecule has 2 rings (SSSR count). The number of halogens is 7. The van der Waals surface area contributed by atoms with E-state index in [0.29, 0.717) is 18.6 Å². The molecule has 0 atom stereocenters. The topological polar surface area (TPSA) is 31.4 Å². The van der Waals surface area contributed by atoms with E-state index in [4.69, 9.17) is 0 Å². The van der Waals surface area contributed by atoms with E-state index in [2.05, 4.69) is 14.5 Å². The van der Waals surface area contributed by atoms with Gasteiger partial charge < -0.3 is 9.47 Å². The van der Waals surface area contributed by atoms with E-state index in [1.807, 2.05) is 6.92 Å². The number of alkyl halides is 5. The first-order chi connectivity index (χ1) is 13.0. The molecule has 0 N–H and O–H groups in total. The SMILES string of the molecule is CCCc1ccc(C(F)(F)Oc2cc(F)c(OC=CC(F)(F)F)c(F)c2)nc1. The lowest BCUT2D eigenvalue weighted by Gasteiger charge is -2.18. The Morgan fingerprint density at radius 1 is 1.04 bits per heavy atom. The smallest absolute Gasteiger partial charge is 0.444 e. The summed E-state index contributed by atoms with van der Waals surface area (Å²) >= 11 is 0. The van der Waals surface area contributed by atoms with E-state index in [1.54, 1.807) is 0 Å². The highest BCUT2D eigenvalue weighted by Gasteiger charge is 2.37. The van der Waals surface area contributed by atoms with Gasteiger partial charge in [-0.2, -0.15) is 22.0 Å². The van der Waals surface area contributed by atoms with Crippen LogP contribution >= 0.6 is 0 Å². The first-order valence-corrected chi connectivity index (χ1v) is 7.94. The van der Waals surface area contributed by atoms with Gasteiger partial charge in [0.15, 0.2) is 23.1 Å². The summed E-state index contributed by atoms with van der Waals surface area (Å²) in [5.74, 6) is -5.14. The van der Waals surface area contributed by atoms with Crippen LogP contribution in [0.1, 0.15) is 24.6 Å². The molecule has 0 aliphatic heterocycles. The summed E-state index contributed by atoms with van der Waals surface area (Å²) < 4.78 is 100. The van der Waals surface area contributed by atoms with Gasteiger partial charge in [0.2, 0.25) is 0 Å². The predicted molar refractivity (Wildman–Crippen MR) is 84.9 cm³/mol. The van der Waals surface area contributed by atoms with Crippen LogP contribution in [0.15, 0.2) is 42.8 Å². The zero-order valence-corrected chi connectivity index (χ0v) is 14.4. The van der Waals surface area contributed by atoms with Gasteiger partial charge in [-0.15, -0.1) is 0 Å². The number of ether oxygens (including phenoxy) is 2. The third-order valence-electron chi connectivity index (χ3n) is 3.32. The third-order valence-corrected chi connectivity index (χ3v) is 3.32. The Hall–Kier alpha value is -2.78. The lowest BCUT2D eigenvalue weighted by atomic mass is 10.1. The third kappa shape index (κ3) is 5.86. The highest BCUT2D eigenvalue weighted by molar-refractivity contribution is 5.36. The molecule has 2 aromatic rings. The summed E-state index contributed by atoms with van der Waals surface area (Å²) in [5, 5.41) is 0. The van der Waals surface area contributed by atoms with E-state index < -0.39 is 47.2 Å². The number of rotatable bonds is 7. The number of pyridine rings is 1. The van der Waals surface area contributed by atoms with Gasteiger partial charge in [0.1, 0.15) is 5.75 Å². The zero-order valence-electron chi connectivity index (χ0n) is 14.4. The monoisotopic (exact) mass is 409 g/mol. The van der Waals surface area contributed by atoms with E-state index in [0.717, 1.165) is 18.1 Å². The Labute approximate surface area is 155 Å². The van der Waals surface area contributed by atoms with Crippen LogP contribution in [0.3, 0.4) is 0 Å². The van der Waals surface area contributed by atoms with Gasteiger partial charge in [0.05, 0.1) is 12.3 Å². The number of hydrogen-bond acceptors (Lipinski definition) is 3. The second-order valence-electron chi connectivity index (χ2n) is 5.60. The summed E-state index contributed by atoms with van der Waals surface area (Å²) in [6.45, 7) is 1.90. The van der Waals surface area contributed by atoms with Crippen molar-refractivity contribution in [3.8, 4) is 11.5 Å². The molecule has 0 aliphatic carbocycles. The fourth-order valence-corrected chi connectivity index (χ4v) is 2.12. The molecule has 10 heteroatoms. The zero-order chi connectivity index (χ0) is 20.9. The van der Waals surface area contributed by atoms with Crippen LogP contribution in [0.2, 0.25) is 0 Å². The molecular formula is C18H14F7NO2. The van der Waals surface area contributed by atoms with Crippen LogP contribution in [0, 0.1) is 11.6 Å². The quantitative estimate of drug-likeness (QED) is 0.422. The molecule has 152 valence electrons. The summed E-state index contributed by atoms with van der Waals surface area (Å²) in [6.07, 6.45) is -6.45. The minimum atomic E-state index is -4.75. The van der Waals surface area contributed by atoms with E-state index in [9.17, 15) is 30.7 Å². The predicted octanol–water partition coefficient (Wildman–Crippen LogP) is 5.90. The van der Waals surface area contributed by atoms with Crippen molar-refractivity contribution in [1.82, 2.24) is 4.98 Å².